The Kier molecular flexibility index (Phi) is 2.81. The van der Waals surface area contributed by atoms with Gasteiger partial charge in [-0.1, -0.05) is 6.07 Å². The first-order valence-corrected chi connectivity index (χ1v) is 5.15. The number of nitrogens with two attached hydrogens (primary N) is 2. The molecule has 1 aromatic carbocycles. The van der Waals surface area contributed by atoms with Gasteiger partial charge in [0.15, 0.2) is 0 Å². The van der Waals surface area contributed by atoms with E-state index < -0.39 is 17.1 Å². The third-order valence-corrected chi connectivity index (χ3v) is 2.61. The van der Waals surface area contributed by atoms with Gasteiger partial charge in [0.1, 0.15) is 4.90 Å². The number of hydrogen-bond donors (Lipinski definition) is 4. The molecule has 0 aliphatic heterocycles. The van der Waals surface area contributed by atoms with Gasteiger partial charge in [-0.3, -0.25) is 0 Å². The predicted molar refractivity (Wildman–Crippen MR) is 52.1 cm³/mol. The topological polar surface area (TPSA) is 127 Å². The molecule has 0 spiro atoms. The maximum absolute atomic E-state index is 11.0. The third kappa shape index (κ3) is 2.23. The molecule has 1 rings (SSSR count). The van der Waals surface area contributed by atoms with Gasteiger partial charge in [-0.15, -0.1) is 0 Å². The number of benzene rings is 1. The zero-order valence-corrected chi connectivity index (χ0v) is 7.90. The Morgan fingerprint density at radius 1 is 1.29 bits per heavy atom. The minimum absolute atomic E-state index is 0.0169. The number of hydrogen-bond acceptors (Lipinski definition) is 5. The zero-order chi connectivity index (χ0) is 10.9. The van der Waals surface area contributed by atoms with Crippen LogP contribution in [0.2, 0.25) is 0 Å². The van der Waals surface area contributed by atoms with Crippen molar-refractivity contribution < 1.29 is 18.5 Å². The molecule has 0 saturated heterocycles. The number of sulfonamides is 1. The summed E-state index contributed by atoms with van der Waals surface area (Å²) >= 11 is 0. The van der Waals surface area contributed by atoms with Gasteiger partial charge in [-0.05, 0) is 17.6 Å². The minimum atomic E-state index is -3.94. The lowest BCUT2D eigenvalue weighted by molar-refractivity contribution is 0.425. The summed E-state index contributed by atoms with van der Waals surface area (Å²) in [7, 11) is -5.69. The van der Waals surface area contributed by atoms with E-state index in [4.69, 9.17) is 20.9 Å². The van der Waals surface area contributed by atoms with Gasteiger partial charge in [-0.2, -0.15) is 0 Å². The van der Waals surface area contributed by atoms with Crippen molar-refractivity contribution in [3.05, 3.63) is 18.2 Å². The maximum atomic E-state index is 11.0. The first kappa shape index (κ1) is 11.0. The van der Waals surface area contributed by atoms with Crippen molar-refractivity contribution in [2.75, 3.05) is 5.73 Å². The molecule has 0 amide bonds. The first-order valence-electron chi connectivity index (χ1n) is 3.60. The molecule has 0 aliphatic rings. The highest BCUT2D eigenvalue weighted by atomic mass is 32.2. The highest BCUT2D eigenvalue weighted by Crippen LogP contribution is 2.13. The summed E-state index contributed by atoms with van der Waals surface area (Å²) in [4.78, 5) is -0.317. The fraction of sp³-hybridized carbons (Fsp3) is 0. The van der Waals surface area contributed by atoms with Crippen molar-refractivity contribution in [3.63, 3.8) is 0 Å². The Morgan fingerprint density at radius 3 is 2.29 bits per heavy atom. The molecule has 0 atom stereocenters. The molecule has 0 radical (unpaired) electrons. The van der Waals surface area contributed by atoms with Crippen molar-refractivity contribution in [1.82, 2.24) is 0 Å². The number of rotatable bonds is 2. The Balaban J connectivity index is 3.37. The monoisotopic (exact) mass is 216 g/mol. The third-order valence-electron chi connectivity index (χ3n) is 1.64. The minimum Gasteiger partial charge on any atom is -0.423 e. The van der Waals surface area contributed by atoms with Gasteiger partial charge >= 0.3 is 7.12 Å². The van der Waals surface area contributed by atoms with Crippen LogP contribution in [0.4, 0.5) is 5.69 Å². The van der Waals surface area contributed by atoms with E-state index in [0.717, 1.165) is 6.07 Å². The first-order chi connectivity index (χ1) is 6.32. The van der Waals surface area contributed by atoms with E-state index in [9.17, 15) is 8.42 Å². The van der Waals surface area contributed by atoms with Crippen molar-refractivity contribution in [1.29, 1.82) is 0 Å². The highest BCUT2D eigenvalue weighted by Gasteiger charge is 2.17. The average molecular weight is 216 g/mol. The highest BCUT2D eigenvalue weighted by molar-refractivity contribution is 7.89. The zero-order valence-electron chi connectivity index (χ0n) is 7.08. The van der Waals surface area contributed by atoms with Crippen LogP contribution in [0.25, 0.3) is 0 Å². The standard InChI is InChI=1S/C6H9BN2O4S/c8-5-2-1-4(7(10)11)3-6(5)14(9,12)13/h1-3,10-11H,8H2,(H2,9,12,13). The van der Waals surface area contributed by atoms with E-state index in [1.54, 1.807) is 0 Å². The quantitative estimate of drug-likeness (QED) is 0.323. The van der Waals surface area contributed by atoms with Crippen LogP contribution in [0.15, 0.2) is 23.1 Å². The van der Waals surface area contributed by atoms with Crippen LogP contribution in [0, 0.1) is 0 Å². The van der Waals surface area contributed by atoms with Gasteiger partial charge in [0.2, 0.25) is 10.0 Å². The van der Waals surface area contributed by atoms with E-state index >= 15 is 0 Å². The summed E-state index contributed by atoms with van der Waals surface area (Å²) in [5.74, 6) is 0. The smallest absolute Gasteiger partial charge is 0.423 e. The molecule has 0 saturated carbocycles. The molecule has 1 aromatic rings. The molecule has 0 fully saturated rings. The lowest BCUT2D eigenvalue weighted by atomic mass is 9.80. The Hall–Kier alpha value is -1.09. The Labute approximate surface area is 81.4 Å². The van der Waals surface area contributed by atoms with E-state index in [2.05, 4.69) is 0 Å². The van der Waals surface area contributed by atoms with E-state index in [1.165, 1.54) is 12.1 Å². The predicted octanol–water partition coefficient (Wildman–Crippen LogP) is -2.40. The summed E-state index contributed by atoms with van der Waals surface area (Å²) in [5.41, 5.74) is 5.34. The average Bonchev–Trinajstić information content (AvgIpc) is 2.02. The van der Waals surface area contributed by atoms with Gasteiger partial charge in [-0.25, -0.2) is 13.6 Å². The molecule has 0 heterocycles. The molecule has 8 heteroatoms. The van der Waals surface area contributed by atoms with Gasteiger partial charge < -0.3 is 15.8 Å². The van der Waals surface area contributed by atoms with E-state index in [-0.39, 0.29) is 16.0 Å². The van der Waals surface area contributed by atoms with Gasteiger partial charge in [0.05, 0.1) is 5.69 Å². The fourth-order valence-corrected chi connectivity index (χ4v) is 1.65. The second-order valence-electron chi connectivity index (χ2n) is 2.72. The lowest BCUT2D eigenvalue weighted by Gasteiger charge is -2.05. The second kappa shape index (κ2) is 3.58. The fourth-order valence-electron chi connectivity index (χ4n) is 0.958. The summed E-state index contributed by atoms with van der Waals surface area (Å²) < 4.78 is 21.9. The molecular formula is C6H9BN2O4S. The van der Waals surface area contributed by atoms with E-state index in [0.29, 0.717) is 0 Å². The molecule has 76 valence electrons. The molecule has 0 bridgehead atoms. The van der Waals surface area contributed by atoms with Crippen LogP contribution in [0.3, 0.4) is 0 Å². The molecule has 6 nitrogen and oxygen atoms in total. The number of primary sulfonamides is 1. The summed E-state index contributed by atoms with van der Waals surface area (Å²) in [6.07, 6.45) is 0. The van der Waals surface area contributed by atoms with Gasteiger partial charge in [0.25, 0.3) is 0 Å². The molecule has 6 N–H and O–H groups in total. The van der Waals surface area contributed by atoms with Crippen LogP contribution < -0.4 is 16.3 Å². The second-order valence-corrected chi connectivity index (χ2v) is 4.25. The Bertz CT molecular complexity index is 445. The molecular weight excluding hydrogens is 207 g/mol. The summed E-state index contributed by atoms with van der Waals surface area (Å²) in [6.45, 7) is 0. The molecule has 0 unspecified atom stereocenters. The normalized spacial score (nSPS) is 11.4. The largest absolute Gasteiger partial charge is 0.488 e. The number of anilines is 1. The number of nitrogen functional groups attached to an aromatic ring is 1. The molecule has 0 aromatic heterocycles. The van der Waals surface area contributed by atoms with Crippen LogP contribution in [-0.4, -0.2) is 25.6 Å². The van der Waals surface area contributed by atoms with Crippen LogP contribution in [0.5, 0.6) is 0 Å². The summed E-state index contributed by atoms with van der Waals surface area (Å²) in [5, 5.41) is 22.4. The lowest BCUT2D eigenvalue weighted by Crippen LogP contribution is -2.31. The molecule has 14 heavy (non-hydrogen) atoms. The maximum Gasteiger partial charge on any atom is 0.488 e. The van der Waals surface area contributed by atoms with Gasteiger partial charge in [0, 0.05) is 0 Å². The van der Waals surface area contributed by atoms with Crippen molar-refractivity contribution in [2.24, 2.45) is 5.14 Å². The van der Waals surface area contributed by atoms with Crippen LogP contribution in [-0.2, 0) is 10.0 Å². The Morgan fingerprint density at radius 2 is 1.86 bits per heavy atom. The SMILES string of the molecule is Nc1ccc(B(O)O)cc1S(N)(=O)=O. The van der Waals surface area contributed by atoms with Crippen molar-refractivity contribution >= 4 is 28.3 Å². The van der Waals surface area contributed by atoms with E-state index in [1.807, 2.05) is 0 Å². The van der Waals surface area contributed by atoms with Crippen LogP contribution >= 0.6 is 0 Å². The van der Waals surface area contributed by atoms with Crippen molar-refractivity contribution in [3.8, 4) is 0 Å². The van der Waals surface area contributed by atoms with Crippen LogP contribution in [0.1, 0.15) is 0 Å². The van der Waals surface area contributed by atoms with Crippen molar-refractivity contribution in [2.45, 2.75) is 4.90 Å². The summed E-state index contributed by atoms with van der Waals surface area (Å²) in [6, 6.07) is 3.57. The molecule has 0 aliphatic carbocycles.